The molecule has 0 aliphatic carbocycles. The number of hydrogen-bond donors (Lipinski definition) is 2. The van der Waals surface area contributed by atoms with E-state index in [-0.39, 0.29) is 5.82 Å². The molecule has 80 valence electrons. The Morgan fingerprint density at radius 1 is 1.40 bits per heavy atom. The van der Waals surface area contributed by atoms with Crippen molar-refractivity contribution in [2.75, 3.05) is 6.54 Å². The van der Waals surface area contributed by atoms with Gasteiger partial charge in [-0.3, -0.25) is 5.32 Å². The summed E-state index contributed by atoms with van der Waals surface area (Å²) in [7, 11) is 0. The van der Waals surface area contributed by atoms with E-state index in [2.05, 4.69) is 5.32 Å². The van der Waals surface area contributed by atoms with Crippen LogP contribution in [-0.4, -0.2) is 17.6 Å². The lowest BCUT2D eigenvalue weighted by Gasteiger charge is -2.24. The van der Waals surface area contributed by atoms with Crippen molar-refractivity contribution >= 4 is 5.97 Å². The molecule has 0 unspecified atom stereocenters. The zero-order valence-corrected chi connectivity index (χ0v) is 8.16. The van der Waals surface area contributed by atoms with Crippen molar-refractivity contribution in [1.29, 1.82) is 0 Å². The second-order valence-electron chi connectivity index (χ2n) is 3.75. The molecule has 1 aliphatic rings. The maximum Gasteiger partial charge on any atom is 0.328 e. The lowest BCUT2D eigenvalue weighted by atomic mass is 9.88. The quantitative estimate of drug-likeness (QED) is 0.775. The molecule has 0 spiro atoms. The molecule has 0 aromatic heterocycles. The number of carboxylic acids is 1. The van der Waals surface area contributed by atoms with Crippen LogP contribution in [0.5, 0.6) is 0 Å². The fourth-order valence-electron chi connectivity index (χ4n) is 2.03. The monoisotopic (exact) mass is 209 g/mol. The van der Waals surface area contributed by atoms with Gasteiger partial charge in [0.2, 0.25) is 0 Å². The van der Waals surface area contributed by atoms with Crippen LogP contribution < -0.4 is 5.32 Å². The van der Waals surface area contributed by atoms with Gasteiger partial charge in [0.25, 0.3) is 0 Å². The molecule has 0 radical (unpaired) electrons. The molecule has 1 heterocycles. The number of hydrogen-bond acceptors (Lipinski definition) is 2. The van der Waals surface area contributed by atoms with E-state index in [9.17, 15) is 14.3 Å². The number of aliphatic carboxylic acids is 1. The third-order valence-corrected chi connectivity index (χ3v) is 2.86. The first-order valence-electron chi connectivity index (χ1n) is 4.90. The SMILES string of the molecule is O=C(O)[C@]1(c2ccc(F)cc2)CCCN1. The van der Waals surface area contributed by atoms with Crippen LogP contribution in [0.25, 0.3) is 0 Å². The Hall–Kier alpha value is -1.42. The largest absolute Gasteiger partial charge is 0.480 e. The van der Waals surface area contributed by atoms with Gasteiger partial charge in [0.05, 0.1) is 0 Å². The minimum atomic E-state index is -1.02. The van der Waals surface area contributed by atoms with Crippen LogP contribution in [0.4, 0.5) is 4.39 Å². The van der Waals surface area contributed by atoms with Crippen molar-refractivity contribution < 1.29 is 14.3 Å². The van der Waals surface area contributed by atoms with Gasteiger partial charge in [-0.05, 0) is 37.1 Å². The summed E-state index contributed by atoms with van der Waals surface area (Å²) >= 11 is 0. The van der Waals surface area contributed by atoms with Gasteiger partial charge >= 0.3 is 5.97 Å². The van der Waals surface area contributed by atoms with Crippen LogP contribution in [-0.2, 0) is 10.3 Å². The second kappa shape index (κ2) is 3.62. The number of benzene rings is 1. The normalized spacial score (nSPS) is 25.4. The van der Waals surface area contributed by atoms with Crippen LogP contribution in [0.15, 0.2) is 24.3 Å². The Labute approximate surface area is 86.9 Å². The molecule has 1 saturated heterocycles. The number of carboxylic acid groups (broad SMARTS) is 1. The molecule has 1 aliphatic heterocycles. The van der Waals surface area contributed by atoms with E-state index >= 15 is 0 Å². The van der Waals surface area contributed by atoms with E-state index in [0.29, 0.717) is 18.5 Å². The molecular formula is C11H12FNO2. The third kappa shape index (κ3) is 1.61. The van der Waals surface area contributed by atoms with Gasteiger partial charge in [-0.15, -0.1) is 0 Å². The molecule has 0 bridgehead atoms. The standard InChI is InChI=1S/C11H12FNO2/c12-9-4-2-8(3-5-9)11(10(14)15)6-1-7-13-11/h2-5,13H,1,6-7H2,(H,14,15)/t11-/m1/s1. The van der Waals surface area contributed by atoms with Crippen molar-refractivity contribution in [1.82, 2.24) is 5.32 Å². The van der Waals surface area contributed by atoms with Crippen molar-refractivity contribution in [3.8, 4) is 0 Å². The van der Waals surface area contributed by atoms with Crippen LogP contribution >= 0.6 is 0 Å². The van der Waals surface area contributed by atoms with Gasteiger partial charge in [-0.25, -0.2) is 9.18 Å². The summed E-state index contributed by atoms with van der Waals surface area (Å²) in [4.78, 5) is 11.3. The van der Waals surface area contributed by atoms with E-state index in [0.717, 1.165) is 6.42 Å². The van der Waals surface area contributed by atoms with Crippen molar-refractivity contribution in [3.05, 3.63) is 35.6 Å². The molecule has 2 rings (SSSR count). The topological polar surface area (TPSA) is 49.3 Å². The minimum absolute atomic E-state index is 0.350. The Morgan fingerprint density at radius 3 is 2.53 bits per heavy atom. The first-order valence-corrected chi connectivity index (χ1v) is 4.90. The smallest absolute Gasteiger partial charge is 0.328 e. The highest BCUT2D eigenvalue weighted by atomic mass is 19.1. The molecule has 1 aromatic carbocycles. The number of halogens is 1. The van der Waals surface area contributed by atoms with E-state index in [1.54, 1.807) is 0 Å². The van der Waals surface area contributed by atoms with E-state index < -0.39 is 11.5 Å². The molecule has 2 N–H and O–H groups in total. The van der Waals surface area contributed by atoms with Gasteiger partial charge in [-0.2, -0.15) is 0 Å². The predicted octanol–water partition coefficient (Wildman–Crippen LogP) is 1.49. The molecule has 1 fully saturated rings. The first kappa shape index (κ1) is 10.1. The molecule has 0 saturated carbocycles. The van der Waals surface area contributed by atoms with Crippen LogP contribution in [0.1, 0.15) is 18.4 Å². The van der Waals surface area contributed by atoms with Crippen LogP contribution in [0, 0.1) is 5.82 Å². The molecule has 4 heteroatoms. The number of carbonyl (C=O) groups is 1. The van der Waals surface area contributed by atoms with Gasteiger partial charge in [0.1, 0.15) is 11.4 Å². The van der Waals surface area contributed by atoms with E-state index in [1.807, 2.05) is 0 Å². The first-order chi connectivity index (χ1) is 7.15. The highest BCUT2D eigenvalue weighted by Gasteiger charge is 2.42. The molecular weight excluding hydrogens is 197 g/mol. The van der Waals surface area contributed by atoms with Crippen LogP contribution in [0.2, 0.25) is 0 Å². The maximum absolute atomic E-state index is 12.7. The highest BCUT2D eigenvalue weighted by Crippen LogP contribution is 2.31. The molecule has 0 amide bonds. The van der Waals surface area contributed by atoms with Gasteiger partial charge in [-0.1, -0.05) is 12.1 Å². The Kier molecular flexibility index (Phi) is 2.44. The van der Waals surface area contributed by atoms with E-state index in [4.69, 9.17) is 0 Å². The second-order valence-corrected chi connectivity index (χ2v) is 3.75. The summed E-state index contributed by atoms with van der Waals surface area (Å²) in [5.41, 5.74) is -0.401. The average molecular weight is 209 g/mol. The Balaban J connectivity index is 2.41. The third-order valence-electron chi connectivity index (χ3n) is 2.86. The molecule has 1 aromatic rings. The highest BCUT2D eigenvalue weighted by molar-refractivity contribution is 5.81. The zero-order chi connectivity index (χ0) is 10.9. The minimum Gasteiger partial charge on any atom is -0.480 e. The predicted molar refractivity (Wildman–Crippen MR) is 53.0 cm³/mol. The number of rotatable bonds is 2. The zero-order valence-electron chi connectivity index (χ0n) is 8.16. The van der Waals surface area contributed by atoms with Crippen molar-refractivity contribution in [2.24, 2.45) is 0 Å². The molecule has 3 nitrogen and oxygen atoms in total. The summed E-state index contributed by atoms with van der Waals surface area (Å²) in [6.45, 7) is 0.684. The summed E-state index contributed by atoms with van der Waals surface area (Å²) in [6, 6.07) is 5.64. The number of nitrogens with one attached hydrogen (secondary N) is 1. The Morgan fingerprint density at radius 2 is 2.07 bits per heavy atom. The summed E-state index contributed by atoms with van der Waals surface area (Å²) in [5, 5.41) is 12.2. The maximum atomic E-state index is 12.7. The molecule has 15 heavy (non-hydrogen) atoms. The molecule has 1 atom stereocenters. The summed E-state index contributed by atoms with van der Waals surface area (Å²) in [6.07, 6.45) is 1.37. The Bertz CT molecular complexity index is 369. The van der Waals surface area contributed by atoms with Gasteiger partial charge in [0, 0.05) is 0 Å². The fraction of sp³-hybridized carbons (Fsp3) is 0.364. The van der Waals surface area contributed by atoms with Gasteiger partial charge < -0.3 is 5.11 Å². The van der Waals surface area contributed by atoms with Crippen LogP contribution in [0.3, 0.4) is 0 Å². The van der Waals surface area contributed by atoms with Crippen molar-refractivity contribution in [2.45, 2.75) is 18.4 Å². The van der Waals surface area contributed by atoms with E-state index in [1.165, 1.54) is 24.3 Å². The fourth-order valence-corrected chi connectivity index (χ4v) is 2.03. The van der Waals surface area contributed by atoms with Crippen molar-refractivity contribution in [3.63, 3.8) is 0 Å². The lowest BCUT2D eigenvalue weighted by Crippen LogP contribution is -2.44. The summed E-state index contributed by atoms with van der Waals surface area (Å²) < 4.78 is 12.7. The summed E-state index contributed by atoms with van der Waals surface area (Å²) in [5.74, 6) is -1.25. The van der Waals surface area contributed by atoms with Gasteiger partial charge in [0.15, 0.2) is 0 Å². The lowest BCUT2D eigenvalue weighted by molar-refractivity contribution is -0.144. The average Bonchev–Trinajstić information content (AvgIpc) is 2.69.